The van der Waals surface area contributed by atoms with Gasteiger partial charge in [0.15, 0.2) is 0 Å². The molecule has 3 nitrogen and oxygen atoms in total. The van der Waals surface area contributed by atoms with E-state index in [9.17, 15) is 0 Å². The zero-order valence-corrected chi connectivity index (χ0v) is 12.2. The third-order valence-electron chi connectivity index (χ3n) is 2.93. The molecule has 2 N–H and O–H groups in total. The van der Waals surface area contributed by atoms with E-state index in [1.54, 1.807) is 0 Å². The summed E-state index contributed by atoms with van der Waals surface area (Å²) >= 11 is 5.21. The molecule has 1 rings (SSSR count). The van der Waals surface area contributed by atoms with Crippen LogP contribution in [0.4, 0.5) is 0 Å². The van der Waals surface area contributed by atoms with Gasteiger partial charge in [0.2, 0.25) is 0 Å². The first-order valence-corrected chi connectivity index (χ1v) is 6.80. The summed E-state index contributed by atoms with van der Waals surface area (Å²) in [6.07, 6.45) is 0. The summed E-state index contributed by atoms with van der Waals surface area (Å²) in [6.45, 7) is 8.69. The summed E-state index contributed by atoms with van der Waals surface area (Å²) in [5.41, 5.74) is 6.99. The van der Waals surface area contributed by atoms with Crippen LogP contribution in [0.2, 0.25) is 0 Å². The van der Waals surface area contributed by atoms with E-state index in [0.717, 1.165) is 24.4 Å². The summed E-state index contributed by atoms with van der Waals surface area (Å²) in [5.74, 6) is 0.864. The Balaban J connectivity index is 3.05. The van der Waals surface area contributed by atoms with E-state index in [2.05, 4.69) is 18.7 Å². The van der Waals surface area contributed by atoms with Crippen molar-refractivity contribution < 1.29 is 4.74 Å². The smallest absolute Gasteiger partial charge is 0.119 e. The highest BCUT2D eigenvalue weighted by Crippen LogP contribution is 2.24. The van der Waals surface area contributed by atoms with Gasteiger partial charge in [-0.3, -0.25) is 4.90 Å². The molecule has 0 aliphatic rings. The topological polar surface area (TPSA) is 38.5 Å². The summed E-state index contributed by atoms with van der Waals surface area (Å²) in [6, 6.07) is 7.98. The third kappa shape index (κ3) is 3.68. The standard InChI is InChI=1S/C14H22N2OS/c1-4-16(5-2)13(14(15)18)11-8-7-9-12(10-11)17-6-3/h7-10,13H,4-6H2,1-3H3,(H2,15,18). The van der Waals surface area contributed by atoms with Gasteiger partial charge in [-0.2, -0.15) is 0 Å². The molecule has 0 saturated carbocycles. The number of thiocarbonyl (C=S) groups is 1. The Labute approximate surface area is 115 Å². The third-order valence-corrected chi connectivity index (χ3v) is 3.16. The molecule has 100 valence electrons. The Bertz CT molecular complexity index is 391. The molecule has 0 bridgehead atoms. The number of ether oxygens (including phenoxy) is 1. The van der Waals surface area contributed by atoms with Crippen LogP contribution in [0, 0.1) is 0 Å². The van der Waals surface area contributed by atoms with Gasteiger partial charge in [0.05, 0.1) is 17.6 Å². The maximum Gasteiger partial charge on any atom is 0.119 e. The van der Waals surface area contributed by atoms with Gasteiger partial charge in [0.25, 0.3) is 0 Å². The largest absolute Gasteiger partial charge is 0.494 e. The first-order chi connectivity index (χ1) is 8.63. The molecule has 0 amide bonds. The molecule has 1 unspecified atom stereocenters. The van der Waals surface area contributed by atoms with E-state index in [-0.39, 0.29) is 6.04 Å². The minimum absolute atomic E-state index is 0.0181. The number of benzene rings is 1. The van der Waals surface area contributed by atoms with Crippen molar-refractivity contribution in [2.24, 2.45) is 5.73 Å². The Hall–Kier alpha value is -1.13. The maximum absolute atomic E-state index is 5.89. The van der Waals surface area contributed by atoms with Crippen molar-refractivity contribution in [1.29, 1.82) is 0 Å². The average molecular weight is 266 g/mol. The van der Waals surface area contributed by atoms with Gasteiger partial charge in [-0.25, -0.2) is 0 Å². The second-order valence-corrected chi connectivity index (χ2v) is 4.50. The van der Waals surface area contributed by atoms with Crippen molar-refractivity contribution in [3.63, 3.8) is 0 Å². The zero-order valence-electron chi connectivity index (χ0n) is 11.3. The van der Waals surface area contributed by atoms with Crippen LogP contribution in [0.5, 0.6) is 5.75 Å². The molecule has 0 saturated heterocycles. The highest BCUT2D eigenvalue weighted by Gasteiger charge is 2.20. The van der Waals surface area contributed by atoms with Gasteiger partial charge >= 0.3 is 0 Å². The molecule has 1 aromatic rings. The van der Waals surface area contributed by atoms with Crippen molar-refractivity contribution in [2.75, 3.05) is 19.7 Å². The molecule has 18 heavy (non-hydrogen) atoms. The van der Waals surface area contributed by atoms with E-state index in [0.29, 0.717) is 11.6 Å². The van der Waals surface area contributed by atoms with Crippen molar-refractivity contribution >= 4 is 17.2 Å². The lowest BCUT2D eigenvalue weighted by atomic mass is 10.0. The second-order valence-electron chi connectivity index (χ2n) is 4.03. The van der Waals surface area contributed by atoms with E-state index < -0.39 is 0 Å². The molecule has 0 aliphatic carbocycles. The number of nitrogens with two attached hydrogens (primary N) is 1. The fraction of sp³-hybridized carbons (Fsp3) is 0.500. The molecular weight excluding hydrogens is 244 g/mol. The molecule has 1 atom stereocenters. The van der Waals surface area contributed by atoms with Crippen LogP contribution in [0.1, 0.15) is 32.4 Å². The van der Waals surface area contributed by atoms with Gasteiger partial charge in [0, 0.05) is 0 Å². The Kier molecular flexibility index (Phi) is 6.09. The predicted molar refractivity (Wildman–Crippen MR) is 80.1 cm³/mol. The van der Waals surface area contributed by atoms with Crippen LogP contribution in [-0.4, -0.2) is 29.6 Å². The van der Waals surface area contributed by atoms with E-state index >= 15 is 0 Å². The maximum atomic E-state index is 5.89. The average Bonchev–Trinajstić information content (AvgIpc) is 2.36. The minimum atomic E-state index is -0.0181. The number of hydrogen-bond donors (Lipinski definition) is 1. The van der Waals surface area contributed by atoms with E-state index in [1.807, 2.05) is 31.2 Å². The van der Waals surface area contributed by atoms with Crippen molar-refractivity contribution in [1.82, 2.24) is 4.90 Å². The van der Waals surface area contributed by atoms with Crippen LogP contribution < -0.4 is 10.5 Å². The molecule has 0 heterocycles. The molecule has 0 radical (unpaired) electrons. The first kappa shape index (κ1) is 14.9. The van der Waals surface area contributed by atoms with Gasteiger partial charge in [0.1, 0.15) is 5.75 Å². The number of likely N-dealkylation sites (N-methyl/N-ethyl adjacent to an activating group) is 1. The van der Waals surface area contributed by atoms with Crippen LogP contribution in [0.25, 0.3) is 0 Å². The minimum Gasteiger partial charge on any atom is -0.494 e. The van der Waals surface area contributed by atoms with Crippen molar-refractivity contribution in [3.05, 3.63) is 29.8 Å². The quantitative estimate of drug-likeness (QED) is 0.770. The van der Waals surface area contributed by atoms with Gasteiger partial charge in [-0.05, 0) is 37.7 Å². The summed E-state index contributed by atoms with van der Waals surface area (Å²) in [5, 5.41) is 0. The highest BCUT2D eigenvalue weighted by molar-refractivity contribution is 7.80. The molecule has 0 fully saturated rings. The number of hydrogen-bond acceptors (Lipinski definition) is 3. The highest BCUT2D eigenvalue weighted by atomic mass is 32.1. The Morgan fingerprint density at radius 3 is 2.50 bits per heavy atom. The monoisotopic (exact) mass is 266 g/mol. The molecular formula is C14H22N2OS. The fourth-order valence-corrected chi connectivity index (χ4v) is 2.37. The molecule has 4 heteroatoms. The first-order valence-electron chi connectivity index (χ1n) is 6.40. The summed E-state index contributed by atoms with van der Waals surface area (Å²) < 4.78 is 5.52. The number of rotatable bonds is 7. The van der Waals surface area contributed by atoms with Gasteiger partial charge < -0.3 is 10.5 Å². The van der Waals surface area contributed by atoms with Crippen molar-refractivity contribution in [2.45, 2.75) is 26.8 Å². The van der Waals surface area contributed by atoms with Gasteiger partial charge in [-0.15, -0.1) is 0 Å². The molecule has 0 spiro atoms. The Morgan fingerprint density at radius 2 is 2.00 bits per heavy atom. The van der Waals surface area contributed by atoms with Crippen molar-refractivity contribution in [3.8, 4) is 5.75 Å². The fourth-order valence-electron chi connectivity index (χ4n) is 2.08. The molecule has 0 aromatic heterocycles. The van der Waals surface area contributed by atoms with E-state index in [4.69, 9.17) is 22.7 Å². The molecule has 0 aliphatic heterocycles. The van der Waals surface area contributed by atoms with E-state index in [1.165, 1.54) is 0 Å². The lowest BCUT2D eigenvalue weighted by Gasteiger charge is -2.29. The van der Waals surface area contributed by atoms with Gasteiger partial charge in [-0.1, -0.05) is 38.2 Å². The SMILES string of the molecule is CCOc1cccc(C(C(N)=S)N(CC)CC)c1. The summed E-state index contributed by atoms with van der Waals surface area (Å²) in [4.78, 5) is 2.75. The zero-order chi connectivity index (χ0) is 13.5. The summed E-state index contributed by atoms with van der Waals surface area (Å²) in [7, 11) is 0. The second kappa shape index (κ2) is 7.34. The van der Waals surface area contributed by atoms with Crippen LogP contribution in [0.15, 0.2) is 24.3 Å². The number of nitrogens with zero attached hydrogens (tertiary/aromatic N) is 1. The normalized spacial score (nSPS) is 12.4. The lowest BCUT2D eigenvalue weighted by Crippen LogP contribution is -2.36. The van der Waals surface area contributed by atoms with Crippen LogP contribution >= 0.6 is 12.2 Å². The molecule has 1 aromatic carbocycles. The van der Waals surface area contributed by atoms with Crippen LogP contribution in [0.3, 0.4) is 0 Å². The predicted octanol–water partition coefficient (Wildman–Crippen LogP) is 2.75. The lowest BCUT2D eigenvalue weighted by molar-refractivity contribution is 0.271. The Morgan fingerprint density at radius 1 is 1.33 bits per heavy atom. The van der Waals surface area contributed by atoms with Crippen LogP contribution in [-0.2, 0) is 0 Å².